The first kappa shape index (κ1) is 11.1. The van der Waals surface area contributed by atoms with Crippen molar-refractivity contribution in [2.24, 2.45) is 0 Å². The molecule has 2 heterocycles. The van der Waals surface area contributed by atoms with Crippen molar-refractivity contribution in [3.05, 3.63) is 41.8 Å². The highest BCUT2D eigenvalue weighted by Gasteiger charge is 2.07. The number of hydrogen-bond donors (Lipinski definition) is 0. The van der Waals surface area contributed by atoms with E-state index in [0.717, 1.165) is 11.5 Å². The van der Waals surface area contributed by atoms with E-state index in [4.69, 9.17) is 11.6 Å². The molecule has 4 nitrogen and oxygen atoms in total. The molecule has 0 amide bonds. The number of halogens is 1. The summed E-state index contributed by atoms with van der Waals surface area (Å²) in [5.41, 5.74) is 0.857. The molecular weight excluding hydrogens is 224 g/mol. The van der Waals surface area contributed by atoms with Crippen LogP contribution in [0.15, 0.2) is 36.0 Å². The van der Waals surface area contributed by atoms with Gasteiger partial charge >= 0.3 is 0 Å². The molecule has 2 aromatic heterocycles. The van der Waals surface area contributed by atoms with Gasteiger partial charge in [0, 0.05) is 17.8 Å². The van der Waals surface area contributed by atoms with Crippen LogP contribution in [-0.4, -0.2) is 33.1 Å². The molecule has 0 radical (unpaired) electrons. The summed E-state index contributed by atoms with van der Waals surface area (Å²) >= 11 is 5.75. The van der Waals surface area contributed by atoms with E-state index in [1.165, 1.54) is 0 Å². The van der Waals surface area contributed by atoms with Gasteiger partial charge in [-0.15, -0.1) is 10.2 Å². The normalized spacial score (nSPS) is 11.2. The van der Waals surface area contributed by atoms with Crippen molar-refractivity contribution in [2.75, 3.05) is 13.6 Å². The van der Waals surface area contributed by atoms with Gasteiger partial charge in [-0.25, -0.2) is 0 Å². The Kier molecular flexibility index (Phi) is 3.22. The number of pyridine rings is 1. The first-order valence-electron chi connectivity index (χ1n) is 4.97. The Morgan fingerprint density at radius 3 is 3.06 bits per heavy atom. The first-order valence-corrected chi connectivity index (χ1v) is 5.35. The van der Waals surface area contributed by atoms with Gasteiger partial charge in [-0.1, -0.05) is 24.2 Å². The summed E-state index contributed by atoms with van der Waals surface area (Å²) in [6.07, 6.45) is 1.95. The Bertz CT molecular complexity index is 505. The molecule has 84 valence electrons. The maximum absolute atomic E-state index is 5.75. The van der Waals surface area contributed by atoms with E-state index < -0.39 is 0 Å². The summed E-state index contributed by atoms with van der Waals surface area (Å²) in [5, 5.41) is 8.84. The van der Waals surface area contributed by atoms with Gasteiger partial charge in [0.1, 0.15) is 0 Å². The van der Waals surface area contributed by atoms with Crippen molar-refractivity contribution in [1.29, 1.82) is 0 Å². The van der Waals surface area contributed by atoms with Crippen LogP contribution >= 0.6 is 11.6 Å². The molecule has 0 unspecified atom stereocenters. The summed E-state index contributed by atoms with van der Waals surface area (Å²) < 4.78 is 1.97. The van der Waals surface area contributed by atoms with Gasteiger partial charge in [-0.3, -0.25) is 9.30 Å². The fourth-order valence-corrected chi connectivity index (χ4v) is 1.79. The van der Waals surface area contributed by atoms with Crippen LogP contribution in [0.2, 0.25) is 0 Å². The van der Waals surface area contributed by atoms with Gasteiger partial charge in [0.05, 0.1) is 6.54 Å². The molecule has 0 spiro atoms. The Labute approximate surface area is 99.2 Å². The molecule has 0 aliphatic heterocycles. The van der Waals surface area contributed by atoms with Crippen molar-refractivity contribution in [3.63, 3.8) is 0 Å². The smallest absolute Gasteiger partial charge is 0.160 e. The zero-order chi connectivity index (χ0) is 11.5. The van der Waals surface area contributed by atoms with Gasteiger partial charge in [-0.2, -0.15) is 0 Å². The largest absolute Gasteiger partial charge is 0.294 e. The van der Waals surface area contributed by atoms with E-state index in [1.54, 1.807) is 0 Å². The van der Waals surface area contributed by atoms with E-state index in [1.807, 2.05) is 40.7 Å². The first-order chi connectivity index (χ1) is 7.66. The van der Waals surface area contributed by atoms with Crippen LogP contribution in [0.4, 0.5) is 0 Å². The lowest BCUT2D eigenvalue weighted by Crippen LogP contribution is -2.20. The van der Waals surface area contributed by atoms with Crippen molar-refractivity contribution in [3.8, 4) is 0 Å². The highest BCUT2D eigenvalue weighted by atomic mass is 35.5. The van der Waals surface area contributed by atoms with E-state index in [0.29, 0.717) is 18.1 Å². The van der Waals surface area contributed by atoms with E-state index in [-0.39, 0.29) is 0 Å². The van der Waals surface area contributed by atoms with Gasteiger partial charge in [0.2, 0.25) is 0 Å². The third-order valence-corrected chi connectivity index (χ3v) is 2.36. The molecule has 0 saturated heterocycles. The Morgan fingerprint density at radius 2 is 2.31 bits per heavy atom. The lowest BCUT2D eigenvalue weighted by molar-refractivity contribution is 0.349. The quantitative estimate of drug-likeness (QED) is 0.813. The van der Waals surface area contributed by atoms with Crippen LogP contribution in [0.5, 0.6) is 0 Å². The van der Waals surface area contributed by atoms with Crippen LogP contribution in [0, 0.1) is 0 Å². The Morgan fingerprint density at radius 1 is 1.50 bits per heavy atom. The maximum atomic E-state index is 5.75. The van der Waals surface area contributed by atoms with Gasteiger partial charge in [0.15, 0.2) is 11.5 Å². The van der Waals surface area contributed by atoms with Gasteiger partial charge in [0.25, 0.3) is 0 Å². The number of rotatable bonds is 4. The third-order valence-electron chi connectivity index (χ3n) is 2.24. The summed E-state index contributed by atoms with van der Waals surface area (Å²) in [7, 11) is 1.97. The van der Waals surface area contributed by atoms with Crippen LogP contribution in [0.3, 0.4) is 0 Å². The molecule has 0 aromatic carbocycles. The second-order valence-corrected chi connectivity index (χ2v) is 4.27. The van der Waals surface area contributed by atoms with E-state index in [9.17, 15) is 0 Å². The summed E-state index contributed by atoms with van der Waals surface area (Å²) in [6, 6.07) is 5.83. The Hall–Kier alpha value is -1.39. The highest BCUT2D eigenvalue weighted by Crippen LogP contribution is 2.07. The van der Waals surface area contributed by atoms with Crippen LogP contribution in [-0.2, 0) is 6.54 Å². The lowest BCUT2D eigenvalue weighted by Gasteiger charge is -2.13. The zero-order valence-corrected chi connectivity index (χ0v) is 9.85. The SMILES string of the molecule is C=C(Cl)CN(C)Cc1nnc2ccccn12. The van der Waals surface area contributed by atoms with Crippen molar-refractivity contribution >= 4 is 17.2 Å². The number of fused-ring (bicyclic) bond motifs is 1. The number of hydrogen-bond acceptors (Lipinski definition) is 3. The minimum Gasteiger partial charge on any atom is -0.294 e. The topological polar surface area (TPSA) is 33.4 Å². The zero-order valence-electron chi connectivity index (χ0n) is 9.10. The fraction of sp³-hybridized carbons (Fsp3) is 0.273. The molecule has 2 rings (SSSR count). The average Bonchev–Trinajstić information content (AvgIpc) is 2.61. The maximum Gasteiger partial charge on any atom is 0.160 e. The van der Waals surface area contributed by atoms with Crippen molar-refractivity contribution < 1.29 is 0 Å². The monoisotopic (exact) mass is 236 g/mol. The highest BCUT2D eigenvalue weighted by molar-refractivity contribution is 6.29. The summed E-state index contributed by atoms with van der Waals surface area (Å²) in [4.78, 5) is 2.04. The Balaban J connectivity index is 2.18. The average molecular weight is 237 g/mol. The standard InChI is InChI=1S/C11H13ClN4/c1-9(12)7-15(2)8-11-14-13-10-5-3-4-6-16(10)11/h3-6H,1,7-8H2,2H3. The second kappa shape index (κ2) is 4.63. The molecule has 0 aliphatic rings. The van der Waals surface area contributed by atoms with E-state index >= 15 is 0 Å². The number of likely N-dealkylation sites (N-methyl/N-ethyl adjacent to an activating group) is 1. The van der Waals surface area contributed by atoms with Crippen molar-refractivity contribution in [1.82, 2.24) is 19.5 Å². The van der Waals surface area contributed by atoms with E-state index in [2.05, 4.69) is 16.8 Å². The minimum absolute atomic E-state index is 0.622. The fourth-order valence-electron chi connectivity index (χ4n) is 1.59. The predicted molar refractivity (Wildman–Crippen MR) is 64.3 cm³/mol. The van der Waals surface area contributed by atoms with Gasteiger partial charge < -0.3 is 0 Å². The lowest BCUT2D eigenvalue weighted by atomic mass is 10.4. The molecule has 16 heavy (non-hydrogen) atoms. The van der Waals surface area contributed by atoms with Crippen LogP contribution in [0.1, 0.15) is 5.82 Å². The number of aromatic nitrogens is 3. The molecular formula is C11H13ClN4. The van der Waals surface area contributed by atoms with Gasteiger partial charge in [-0.05, 0) is 19.2 Å². The molecule has 2 aromatic rings. The van der Waals surface area contributed by atoms with Crippen LogP contribution < -0.4 is 0 Å². The number of nitrogens with zero attached hydrogens (tertiary/aromatic N) is 4. The molecule has 0 atom stereocenters. The molecule has 0 aliphatic carbocycles. The molecule has 0 N–H and O–H groups in total. The minimum atomic E-state index is 0.622. The molecule has 5 heteroatoms. The summed E-state index contributed by atoms with van der Waals surface area (Å²) in [5.74, 6) is 0.899. The second-order valence-electron chi connectivity index (χ2n) is 3.73. The summed E-state index contributed by atoms with van der Waals surface area (Å²) in [6.45, 7) is 5.00. The molecule has 0 saturated carbocycles. The third kappa shape index (κ3) is 2.40. The van der Waals surface area contributed by atoms with Crippen molar-refractivity contribution in [2.45, 2.75) is 6.54 Å². The van der Waals surface area contributed by atoms with Crippen LogP contribution in [0.25, 0.3) is 5.65 Å². The molecule has 0 fully saturated rings. The predicted octanol–water partition coefficient (Wildman–Crippen LogP) is 1.91. The molecule has 0 bridgehead atoms.